The minimum Gasteiger partial charge on any atom is -0.339 e. The second-order valence-electron chi connectivity index (χ2n) is 5.88. The third kappa shape index (κ3) is 3.93. The van der Waals surface area contributed by atoms with E-state index in [2.05, 4.69) is 44.8 Å². The molecule has 1 rings (SSSR count). The van der Waals surface area contributed by atoms with Crippen LogP contribution in [-0.4, -0.2) is 16.2 Å². The van der Waals surface area contributed by atoms with Gasteiger partial charge in [0, 0.05) is 18.9 Å². The summed E-state index contributed by atoms with van der Waals surface area (Å²) in [5.41, 5.74) is 6.13. The molecular formula is C12H23N3O. The fourth-order valence-corrected chi connectivity index (χ4v) is 1.32. The monoisotopic (exact) mass is 225 g/mol. The Morgan fingerprint density at radius 2 is 1.88 bits per heavy atom. The Morgan fingerprint density at radius 3 is 2.38 bits per heavy atom. The van der Waals surface area contributed by atoms with Crippen LogP contribution in [0, 0.1) is 11.3 Å². The molecule has 1 aromatic heterocycles. The van der Waals surface area contributed by atoms with E-state index in [9.17, 15) is 0 Å². The molecule has 1 aromatic rings. The van der Waals surface area contributed by atoms with Crippen molar-refractivity contribution in [1.82, 2.24) is 10.1 Å². The average Bonchev–Trinajstić information content (AvgIpc) is 2.49. The lowest BCUT2D eigenvalue weighted by molar-refractivity contribution is 0.285. The molecule has 0 bridgehead atoms. The molecule has 0 amide bonds. The molecule has 0 saturated carbocycles. The lowest BCUT2D eigenvalue weighted by atomic mass is 9.85. The van der Waals surface area contributed by atoms with Gasteiger partial charge in [-0.15, -0.1) is 0 Å². The molecule has 0 fully saturated rings. The molecule has 1 heterocycles. The topological polar surface area (TPSA) is 64.9 Å². The van der Waals surface area contributed by atoms with Gasteiger partial charge in [-0.2, -0.15) is 4.98 Å². The number of nitrogens with two attached hydrogens (primary N) is 1. The number of aromatic nitrogens is 2. The zero-order valence-electron chi connectivity index (χ0n) is 10.9. The molecule has 0 aromatic carbocycles. The van der Waals surface area contributed by atoms with Crippen LogP contribution in [-0.2, 0) is 12.8 Å². The van der Waals surface area contributed by atoms with E-state index in [-0.39, 0.29) is 11.5 Å². The minimum atomic E-state index is 0.0415. The largest absolute Gasteiger partial charge is 0.339 e. The molecule has 0 radical (unpaired) electrons. The first kappa shape index (κ1) is 13.2. The second-order valence-corrected chi connectivity index (χ2v) is 5.88. The molecule has 2 N–H and O–H groups in total. The van der Waals surface area contributed by atoms with E-state index in [1.54, 1.807) is 0 Å². The molecule has 0 aliphatic heterocycles. The number of hydrogen-bond donors (Lipinski definition) is 1. The summed E-state index contributed by atoms with van der Waals surface area (Å²) >= 11 is 0. The zero-order valence-corrected chi connectivity index (χ0v) is 10.9. The standard InChI is InChI=1S/C12H23N3O/c1-8(2)6-10-14-11(16-15-10)7-9(13)12(3,4)5/h8-9H,6-7,13H2,1-5H3. The van der Waals surface area contributed by atoms with Crippen molar-refractivity contribution in [1.29, 1.82) is 0 Å². The first-order chi connectivity index (χ1) is 7.29. The molecule has 1 atom stereocenters. The van der Waals surface area contributed by atoms with Crippen molar-refractivity contribution < 1.29 is 4.52 Å². The van der Waals surface area contributed by atoms with Crippen LogP contribution in [0.15, 0.2) is 4.52 Å². The van der Waals surface area contributed by atoms with Gasteiger partial charge in [0.2, 0.25) is 5.89 Å². The van der Waals surface area contributed by atoms with Crippen molar-refractivity contribution in [2.24, 2.45) is 17.1 Å². The summed E-state index contributed by atoms with van der Waals surface area (Å²) in [5.74, 6) is 1.98. The van der Waals surface area contributed by atoms with Crippen LogP contribution in [0.2, 0.25) is 0 Å². The Balaban J connectivity index is 2.58. The predicted molar refractivity (Wildman–Crippen MR) is 64.0 cm³/mol. The third-order valence-corrected chi connectivity index (χ3v) is 2.61. The Bertz CT molecular complexity index is 325. The maximum Gasteiger partial charge on any atom is 0.228 e. The lowest BCUT2D eigenvalue weighted by Gasteiger charge is -2.25. The molecule has 0 aliphatic rings. The van der Waals surface area contributed by atoms with Crippen LogP contribution >= 0.6 is 0 Å². The molecule has 16 heavy (non-hydrogen) atoms. The van der Waals surface area contributed by atoms with Gasteiger partial charge < -0.3 is 10.3 Å². The van der Waals surface area contributed by atoms with Gasteiger partial charge in [-0.3, -0.25) is 0 Å². The van der Waals surface area contributed by atoms with Gasteiger partial charge in [0.15, 0.2) is 5.82 Å². The molecule has 92 valence electrons. The van der Waals surface area contributed by atoms with E-state index < -0.39 is 0 Å². The normalized spacial score (nSPS) is 14.4. The molecule has 1 unspecified atom stereocenters. The van der Waals surface area contributed by atoms with Crippen LogP contribution in [0.5, 0.6) is 0 Å². The highest BCUT2D eigenvalue weighted by Gasteiger charge is 2.23. The molecule has 0 aliphatic carbocycles. The zero-order chi connectivity index (χ0) is 12.3. The predicted octanol–water partition coefficient (Wildman–Crippen LogP) is 2.18. The van der Waals surface area contributed by atoms with E-state index >= 15 is 0 Å². The molecule has 0 saturated heterocycles. The maximum atomic E-state index is 6.07. The van der Waals surface area contributed by atoms with E-state index in [1.165, 1.54) is 0 Å². The maximum absolute atomic E-state index is 6.07. The van der Waals surface area contributed by atoms with E-state index in [1.807, 2.05) is 0 Å². The first-order valence-electron chi connectivity index (χ1n) is 5.86. The highest BCUT2D eigenvalue weighted by Crippen LogP contribution is 2.20. The van der Waals surface area contributed by atoms with Crippen LogP contribution < -0.4 is 5.73 Å². The fraction of sp³-hybridized carbons (Fsp3) is 0.833. The van der Waals surface area contributed by atoms with Crippen LogP contribution in [0.3, 0.4) is 0 Å². The Kier molecular flexibility index (Phi) is 4.08. The second kappa shape index (κ2) is 4.95. The van der Waals surface area contributed by atoms with Crippen molar-refractivity contribution in [2.75, 3.05) is 0 Å². The quantitative estimate of drug-likeness (QED) is 0.853. The Morgan fingerprint density at radius 1 is 1.25 bits per heavy atom. The van der Waals surface area contributed by atoms with Crippen LogP contribution in [0.4, 0.5) is 0 Å². The SMILES string of the molecule is CC(C)Cc1noc(CC(N)C(C)(C)C)n1. The number of nitrogens with zero attached hydrogens (tertiary/aromatic N) is 2. The fourth-order valence-electron chi connectivity index (χ4n) is 1.32. The summed E-state index contributed by atoms with van der Waals surface area (Å²) in [5, 5.41) is 3.95. The van der Waals surface area contributed by atoms with Crippen molar-refractivity contribution in [2.45, 2.75) is 53.5 Å². The third-order valence-electron chi connectivity index (χ3n) is 2.61. The van der Waals surface area contributed by atoms with Gasteiger partial charge in [-0.05, 0) is 11.3 Å². The first-order valence-corrected chi connectivity index (χ1v) is 5.86. The van der Waals surface area contributed by atoms with Gasteiger partial charge >= 0.3 is 0 Å². The summed E-state index contributed by atoms with van der Waals surface area (Å²) in [7, 11) is 0. The van der Waals surface area contributed by atoms with Crippen molar-refractivity contribution in [3.8, 4) is 0 Å². The molecule has 4 heteroatoms. The number of hydrogen-bond acceptors (Lipinski definition) is 4. The lowest BCUT2D eigenvalue weighted by Crippen LogP contribution is -2.37. The van der Waals surface area contributed by atoms with Crippen LogP contribution in [0.25, 0.3) is 0 Å². The summed E-state index contributed by atoms with van der Waals surface area (Å²) in [6.07, 6.45) is 1.50. The van der Waals surface area contributed by atoms with E-state index in [0.29, 0.717) is 18.2 Å². The van der Waals surface area contributed by atoms with Gasteiger partial charge in [0.05, 0.1) is 0 Å². The summed E-state index contributed by atoms with van der Waals surface area (Å²) in [6.45, 7) is 10.6. The van der Waals surface area contributed by atoms with Crippen molar-refractivity contribution >= 4 is 0 Å². The van der Waals surface area contributed by atoms with Crippen molar-refractivity contribution in [3.63, 3.8) is 0 Å². The number of rotatable bonds is 4. The smallest absolute Gasteiger partial charge is 0.228 e. The molecule has 0 spiro atoms. The summed E-state index contributed by atoms with van der Waals surface area (Å²) < 4.78 is 5.19. The molecule has 4 nitrogen and oxygen atoms in total. The Hall–Kier alpha value is -0.900. The van der Waals surface area contributed by atoms with Crippen LogP contribution in [0.1, 0.15) is 46.3 Å². The highest BCUT2D eigenvalue weighted by molar-refractivity contribution is 4.92. The van der Waals surface area contributed by atoms with Crippen molar-refractivity contribution in [3.05, 3.63) is 11.7 Å². The summed E-state index contributed by atoms with van der Waals surface area (Å²) in [6, 6.07) is 0.0415. The minimum absolute atomic E-state index is 0.0415. The van der Waals surface area contributed by atoms with Gasteiger partial charge in [-0.1, -0.05) is 39.8 Å². The van der Waals surface area contributed by atoms with E-state index in [4.69, 9.17) is 10.3 Å². The van der Waals surface area contributed by atoms with Gasteiger partial charge in [-0.25, -0.2) is 0 Å². The summed E-state index contributed by atoms with van der Waals surface area (Å²) in [4.78, 5) is 4.35. The van der Waals surface area contributed by atoms with Gasteiger partial charge in [0.1, 0.15) is 0 Å². The Labute approximate surface area is 97.6 Å². The molecular weight excluding hydrogens is 202 g/mol. The highest BCUT2D eigenvalue weighted by atomic mass is 16.5. The van der Waals surface area contributed by atoms with Gasteiger partial charge in [0.25, 0.3) is 0 Å². The average molecular weight is 225 g/mol. The van der Waals surface area contributed by atoms with E-state index in [0.717, 1.165) is 12.2 Å².